The fraction of sp³-hybridized carbons (Fsp3) is 0.964. The van der Waals surface area contributed by atoms with Gasteiger partial charge in [-0.25, -0.2) is 4.79 Å². The Morgan fingerprint density at radius 2 is 0.953 bits per heavy atom. The molecule has 0 aromatic carbocycles. The van der Waals surface area contributed by atoms with E-state index in [2.05, 4.69) is 37.5 Å². The average Bonchev–Trinajstić information content (AvgIpc) is 3.31. The number of aliphatic hydroxyl groups is 1. The van der Waals surface area contributed by atoms with Crippen LogP contribution >= 0.6 is 0 Å². The number of rotatable bonds is 48. The third kappa shape index (κ3) is 36.7. The molecule has 1 rings (SSSR count). The maximum Gasteiger partial charge on any atom is 0.409 e. The van der Waals surface area contributed by atoms with Crippen LogP contribution in [-0.4, -0.2) is 104 Å². The van der Waals surface area contributed by atoms with Gasteiger partial charge in [0, 0.05) is 45.2 Å². The highest BCUT2D eigenvalue weighted by Gasteiger charge is 2.22. The number of aliphatic hydroxyl groups excluding tert-OH is 1. The van der Waals surface area contributed by atoms with E-state index in [9.17, 15) is 14.7 Å². The van der Waals surface area contributed by atoms with Crippen LogP contribution in [0.25, 0.3) is 0 Å². The van der Waals surface area contributed by atoms with Gasteiger partial charge in [0.25, 0.3) is 0 Å². The van der Waals surface area contributed by atoms with E-state index >= 15 is 0 Å². The highest BCUT2D eigenvalue weighted by Crippen LogP contribution is 2.24. The van der Waals surface area contributed by atoms with E-state index in [0.717, 1.165) is 90.6 Å². The van der Waals surface area contributed by atoms with Crippen molar-refractivity contribution in [2.24, 2.45) is 5.92 Å². The minimum absolute atomic E-state index is 0.0154. The molecular weight excluding hydrogens is 795 g/mol. The molecule has 0 unspecified atom stereocenters. The van der Waals surface area contributed by atoms with Gasteiger partial charge in [0.05, 0.1) is 19.8 Å². The molecule has 0 aliphatic heterocycles. The molecule has 1 amide bonds. The maximum atomic E-state index is 13.2. The fourth-order valence-electron chi connectivity index (χ4n) is 9.78. The topological polar surface area (TPSA) is 82.5 Å². The molecule has 8 heteroatoms. The molecule has 1 aliphatic carbocycles. The van der Waals surface area contributed by atoms with Crippen molar-refractivity contribution in [2.45, 2.75) is 278 Å². The summed E-state index contributed by atoms with van der Waals surface area (Å²) in [6.07, 6.45) is 46.1. The lowest BCUT2D eigenvalue weighted by Gasteiger charge is -2.36. The van der Waals surface area contributed by atoms with Crippen LogP contribution in [0.15, 0.2) is 0 Å². The number of unbranched alkanes of at least 4 members (excludes halogenated alkanes) is 24. The lowest BCUT2D eigenvalue weighted by molar-refractivity contribution is -0.145. The normalized spacial score (nSPS) is 13.4. The van der Waals surface area contributed by atoms with Gasteiger partial charge in [0.2, 0.25) is 0 Å². The maximum absolute atomic E-state index is 13.2. The van der Waals surface area contributed by atoms with Crippen molar-refractivity contribution in [3.05, 3.63) is 0 Å². The number of hydrogen-bond acceptors (Lipinski definition) is 7. The Kier molecular flexibility index (Phi) is 44.3. The average molecular weight is 907 g/mol. The molecular formula is C56H111N3O5. The van der Waals surface area contributed by atoms with Crippen LogP contribution < -0.4 is 0 Å². The first-order valence-corrected chi connectivity index (χ1v) is 28.6. The predicted octanol–water partition coefficient (Wildman–Crippen LogP) is 15.5. The van der Waals surface area contributed by atoms with E-state index in [1.807, 2.05) is 4.90 Å². The molecule has 0 atom stereocenters. The molecule has 0 radical (unpaired) electrons. The van der Waals surface area contributed by atoms with Crippen molar-refractivity contribution < 1.29 is 24.2 Å². The number of ether oxygens (including phenoxy) is 2. The zero-order valence-electron chi connectivity index (χ0n) is 43.5. The Balaban J connectivity index is 2.47. The van der Waals surface area contributed by atoms with Gasteiger partial charge in [-0.15, -0.1) is 0 Å². The summed E-state index contributed by atoms with van der Waals surface area (Å²) in [5.74, 6) is 0.500. The van der Waals surface area contributed by atoms with Gasteiger partial charge in [-0.2, -0.15) is 0 Å². The lowest BCUT2D eigenvalue weighted by atomic mass is 9.94. The standard InChI is InChI=1S/C56H111N3O5/c1-5-9-13-17-21-28-38-53(39-29-22-18-14-10-6-2)52-64-55(61)42-32-26-33-43-57(49-50-60)47-48-58(54-40-30-25-31-41-54)44-36-27-37-51-63-56(62)59(45-34-23-19-15-11-7-3)46-35-24-20-16-12-8-4/h53-54,60H,5-52H2,1-4H3. The molecule has 1 aliphatic rings. The Labute approximate surface area is 398 Å². The number of carbonyl (C=O) groups is 2. The minimum atomic E-state index is -0.101. The van der Waals surface area contributed by atoms with Crippen molar-refractivity contribution >= 4 is 12.1 Å². The van der Waals surface area contributed by atoms with Crippen molar-refractivity contribution in [1.29, 1.82) is 0 Å². The minimum Gasteiger partial charge on any atom is -0.465 e. The Bertz CT molecular complexity index is 962. The lowest BCUT2D eigenvalue weighted by Crippen LogP contribution is -2.43. The third-order valence-electron chi connectivity index (χ3n) is 14.1. The van der Waals surface area contributed by atoms with Gasteiger partial charge in [0.1, 0.15) is 0 Å². The Morgan fingerprint density at radius 3 is 1.50 bits per heavy atom. The van der Waals surface area contributed by atoms with Crippen molar-refractivity contribution in [3.63, 3.8) is 0 Å². The molecule has 8 nitrogen and oxygen atoms in total. The summed E-state index contributed by atoms with van der Waals surface area (Å²) in [5, 5.41) is 9.94. The molecule has 0 bridgehead atoms. The Morgan fingerprint density at radius 1 is 0.484 bits per heavy atom. The van der Waals surface area contributed by atoms with Gasteiger partial charge in [-0.1, -0.05) is 195 Å². The second kappa shape index (κ2) is 46.7. The largest absolute Gasteiger partial charge is 0.465 e. The number of esters is 1. The smallest absolute Gasteiger partial charge is 0.409 e. The van der Waals surface area contributed by atoms with Crippen molar-refractivity contribution in [3.8, 4) is 0 Å². The molecule has 0 aromatic heterocycles. The molecule has 0 spiro atoms. The fourth-order valence-corrected chi connectivity index (χ4v) is 9.78. The van der Waals surface area contributed by atoms with Crippen LogP contribution in [0.3, 0.4) is 0 Å². The summed E-state index contributed by atoms with van der Waals surface area (Å²) < 4.78 is 11.8. The van der Waals surface area contributed by atoms with Crippen LogP contribution in [0, 0.1) is 5.92 Å². The highest BCUT2D eigenvalue weighted by atomic mass is 16.6. The second-order valence-corrected chi connectivity index (χ2v) is 20.1. The van der Waals surface area contributed by atoms with Crippen LogP contribution in [-0.2, 0) is 14.3 Å². The second-order valence-electron chi connectivity index (χ2n) is 20.1. The third-order valence-corrected chi connectivity index (χ3v) is 14.1. The quantitative estimate of drug-likeness (QED) is 0.0481. The summed E-state index contributed by atoms with van der Waals surface area (Å²) in [5.41, 5.74) is 0. The molecule has 1 saturated carbocycles. The van der Waals surface area contributed by atoms with Crippen molar-refractivity contribution in [2.75, 3.05) is 65.6 Å². The summed E-state index contributed by atoms with van der Waals surface area (Å²) in [7, 11) is 0. The molecule has 0 aromatic rings. The summed E-state index contributed by atoms with van der Waals surface area (Å²) in [6, 6.07) is 0.655. The van der Waals surface area contributed by atoms with Gasteiger partial charge >= 0.3 is 12.1 Å². The highest BCUT2D eigenvalue weighted by molar-refractivity contribution is 5.69. The van der Waals surface area contributed by atoms with Crippen LogP contribution in [0.1, 0.15) is 272 Å². The van der Waals surface area contributed by atoms with E-state index in [1.165, 1.54) is 186 Å². The van der Waals surface area contributed by atoms with E-state index in [-0.39, 0.29) is 18.7 Å². The monoisotopic (exact) mass is 906 g/mol. The predicted molar refractivity (Wildman–Crippen MR) is 274 cm³/mol. The van der Waals surface area contributed by atoms with Crippen molar-refractivity contribution in [1.82, 2.24) is 14.7 Å². The van der Waals surface area contributed by atoms with E-state index in [1.54, 1.807) is 0 Å². The van der Waals surface area contributed by atoms with Crippen LogP contribution in [0.5, 0.6) is 0 Å². The van der Waals surface area contributed by atoms with Gasteiger partial charge in [-0.05, 0) is 89.6 Å². The molecule has 64 heavy (non-hydrogen) atoms. The molecule has 380 valence electrons. The number of carbonyl (C=O) groups excluding carboxylic acids is 2. The molecule has 0 saturated heterocycles. The van der Waals surface area contributed by atoms with E-state index in [0.29, 0.717) is 38.1 Å². The van der Waals surface area contributed by atoms with E-state index in [4.69, 9.17) is 9.47 Å². The van der Waals surface area contributed by atoms with Crippen LogP contribution in [0.4, 0.5) is 4.79 Å². The molecule has 0 heterocycles. The summed E-state index contributed by atoms with van der Waals surface area (Å²) in [6.45, 7) is 16.8. The van der Waals surface area contributed by atoms with Gasteiger partial charge in [-0.3, -0.25) is 14.6 Å². The van der Waals surface area contributed by atoms with Gasteiger partial charge < -0.3 is 19.5 Å². The zero-order chi connectivity index (χ0) is 46.4. The molecule has 1 N–H and O–H groups in total. The summed E-state index contributed by atoms with van der Waals surface area (Å²) in [4.78, 5) is 33.2. The summed E-state index contributed by atoms with van der Waals surface area (Å²) >= 11 is 0. The van der Waals surface area contributed by atoms with Gasteiger partial charge in [0.15, 0.2) is 0 Å². The Hall–Kier alpha value is -1.38. The molecule has 1 fully saturated rings. The SMILES string of the molecule is CCCCCCCCC(CCCCCCCC)COC(=O)CCCCCN(CCO)CCN(CCCCCOC(=O)N(CCCCCCCC)CCCCCCCC)C1CCCCC1. The van der Waals surface area contributed by atoms with E-state index < -0.39 is 0 Å². The van der Waals surface area contributed by atoms with Crippen LogP contribution in [0.2, 0.25) is 0 Å². The zero-order valence-corrected chi connectivity index (χ0v) is 43.5. The first-order valence-electron chi connectivity index (χ1n) is 28.6. The number of amides is 1. The first-order chi connectivity index (χ1) is 31.5. The number of nitrogens with zero attached hydrogens (tertiary/aromatic N) is 3. The number of hydrogen-bond donors (Lipinski definition) is 1. The first kappa shape index (κ1) is 60.6.